The number of nitrogens with one attached hydrogen (secondary N) is 1. The molecule has 1 aliphatic rings. The molecule has 3 rings (SSSR count). The predicted molar refractivity (Wildman–Crippen MR) is 92.8 cm³/mol. The van der Waals surface area contributed by atoms with Crippen LogP contribution < -0.4 is 5.32 Å². The molecular weight excluding hydrogens is 302 g/mol. The summed E-state index contributed by atoms with van der Waals surface area (Å²) in [6, 6.07) is 0. The summed E-state index contributed by atoms with van der Waals surface area (Å²) in [5, 5.41) is 7.24. The summed E-state index contributed by atoms with van der Waals surface area (Å²) in [5.41, 5.74) is 3.04. The summed E-state index contributed by atoms with van der Waals surface area (Å²) >= 11 is 0. The molecular formula is C18H27N5O. The number of aromatic nitrogens is 4. The van der Waals surface area contributed by atoms with Gasteiger partial charge in [0.05, 0.1) is 0 Å². The fraction of sp³-hybridized carbons (Fsp3) is 0.667. The van der Waals surface area contributed by atoms with E-state index in [-0.39, 0.29) is 5.91 Å². The third kappa shape index (κ3) is 3.91. The predicted octanol–water partition coefficient (Wildman–Crippen LogP) is 2.76. The minimum absolute atomic E-state index is 0.124. The number of nitrogens with zero attached hydrogens (tertiary/aromatic N) is 4. The smallest absolute Gasteiger partial charge is 0.252 e. The highest BCUT2D eigenvalue weighted by Crippen LogP contribution is 2.28. The molecule has 6 nitrogen and oxygen atoms in total. The van der Waals surface area contributed by atoms with E-state index in [1.807, 2.05) is 13.8 Å². The van der Waals surface area contributed by atoms with Crippen LogP contribution in [0.1, 0.15) is 61.9 Å². The van der Waals surface area contributed by atoms with Crippen molar-refractivity contribution in [2.24, 2.45) is 5.92 Å². The second kappa shape index (κ2) is 7.73. The minimum atomic E-state index is 0.124. The molecule has 1 N–H and O–H groups in total. The quantitative estimate of drug-likeness (QED) is 0.793. The van der Waals surface area contributed by atoms with Crippen molar-refractivity contribution in [1.29, 1.82) is 0 Å². The molecule has 0 aromatic carbocycles. The van der Waals surface area contributed by atoms with Gasteiger partial charge < -0.3 is 5.32 Å². The van der Waals surface area contributed by atoms with Crippen LogP contribution >= 0.6 is 0 Å². The zero-order chi connectivity index (χ0) is 16.9. The van der Waals surface area contributed by atoms with E-state index < -0.39 is 0 Å². The van der Waals surface area contributed by atoms with E-state index in [4.69, 9.17) is 0 Å². The molecule has 0 bridgehead atoms. The molecule has 1 fully saturated rings. The fourth-order valence-electron chi connectivity index (χ4n) is 3.76. The molecule has 0 atom stereocenters. The molecule has 6 heteroatoms. The van der Waals surface area contributed by atoms with Crippen molar-refractivity contribution < 1.29 is 4.79 Å². The molecule has 2 aromatic rings. The van der Waals surface area contributed by atoms with Crippen molar-refractivity contribution >= 4 is 11.7 Å². The van der Waals surface area contributed by atoms with E-state index >= 15 is 0 Å². The van der Waals surface area contributed by atoms with Gasteiger partial charge in [0.25, 0.3) is 5.78 Å². The van der Waals surface area contributed by atoms with E-state index in [1.54, 1.807) is 4.52 Å². The Morgan fingerprint density at radius 2 is 2.12 bits per heavy atom. The maximum Gasteiger partial charge on any atom is 0.252 e. The first-order valence-electron chi connectivity index (χ1n) is 9.07. The zero-order valence-corrected chi connectivity index (χ0v) is 14.7. The molecule has 1 amide bonds. The summed E-state index contributed by atoms with van der Waals surface area (Å²) in [6.45, 7) is 4.77. The molecule has 130 valence electrons. The lowest BCUT2D eigenvalue weighted by Crippen LogP contribution is -2.25. The first kappa shape index (κ1) is 16.9. The van der Waals surface area contributed by atoms with Gasteiger partial charge in [0, 0.05) is 24.4 Å². The van der Waals surface area contributed by atoms with Crippen LogP contribution in [0.25, 0.3) is 5.78 Å². The molecule has 24 heavy (non-hydrogen) atoms. The third-order valence-electron chi connectivity index (χ3n) is 5.18. The number of carbonyl (C=O) groups is 1. The molecule has 1 aliphatic carbocycles. The maximum absolute atomic E-state index is 12.1. The molecule has 0 unspecified atom stereocenters. The Kier molecular flexibility index (Phi) is 5.43. The van der Waals surface area contributed by atoms with E-state index in [1.165, 1.54) is 38.4 Å². The summed E-state index contributed by atoms with van der Waals surface area (Å²) in [4.78, 5) is 20.7. The molecule has 2 aromatic heterocycles. The Hall–Kier alpha value is -1.98. The lowest BCUT2D eigenvalue weighted by molar-refractivity contribution is -0.121. The van der Waals surface area contributed by atoms with Crippen LogP contribution in [0.15, 0.2) is 6.33 Å². The number of hydrogen-bond acceptors (Lipinski definition) is 4. The first-order chi connectivity index (χ1) is 11.6. The number of amides is 1. The van der Waals surface area contributed by atoms with E-state index in [9.17, 15) is 4.79 Å². The van der Waals surface area contributed by atoms with E-state index in [0.717, 1.165) is 35.8 Å². The van der Waals surface area contributed by atoms with Gasteiger partial charge in [-0.1, -0.05) is 25.7 Å². The Bertz CT molecular complexity index is 703. The van der Waals surface area contributed by atoms with Crippen LogP contribution in [-0.4, -0.2) is 32.0 Å². The van der Waals surface area contributed by atoms with Gasteiger partial charge >= 0.3 is 0 Å². The Morgan fingerprint density at radius 1 is 1.33 bits per heavy atom. The lowest BCUT2D eigenvalue weighted by Gasteiger charge is -2.11. The summed E-state index contributed by atoms with van der Waals surface area (Å²) < 4.78 is 1.74. The molecule has 2 heterocycles. The maximum atomic E-state index is 12.1. The minimum Gasteiger partial charge on any atom is -0.356 e. The van der Waals surface area contributed by atoms with Gasteiger partial charge in [-0.3, -0.25) is 4.79 Å². The molecule has 0 saturated heterocycles. The van der Waals surface area contributed by atoms with Gasteiger partial charge in [0.1, 0.15) is 6.33 Å². The van der Waals surface area contributed by atoms with Gasteiger partial charge in [0.15, 0.2) is 0 Å². The van der Waals surface area contributed by atoms with Crippen molar-refractivity contribution in [1.82, 2.24) is 24.9 Å². The topological polar surface area (TPSA) is 72.2 Å². The van der Waals surface area contributed by atoms with Crippen LogP contribution in [0.5, 0.6) is 0 Å². The molecule has 0 spiro atoms. The second-order valence-corrected chi connectivity index (χ2v) is 6.88. The lowest BCUT2D eigenvalue weighted by atomic mass is 10.0. The van der Waals surface area contributed by atoms with Crippen LogP contribution in [0, 0.1) is 19.8 Å². The highest BCUT2D eigenvalue weighted by molar-refractivity contribution is 5.76. The monoisotopic (exact) mass is 329 g/mol. The highest BCUT2D eigenvalue weighted by Gasteiger charge is 2.15. The number of rotatable bonds is 7. The van der Waals surface area contributed by atoms with Gasteiger partial charge in [0.2, 0.25) is 5.91 Å². The first-order valence-corrected chi connectivity index (χ1v) is 9.07. The number of carbonyl (C=O) groups excluding carboxylic acids is 1. The second-order valence-electron chi connectivity index (χ2n) is 6.88. The van der Waals surface area contributed by atoms with Crippen LogP contribution in [0.4, 0.5) is 0 Å². The van der Waals surface area contributed by atoms with Crippen molar-refractivity contribution in [3.05, 3.63) is 23.3 Å². The van der Waals surface area contributed by atoms with Crippen molar-refractivity contribution in [2.45, 2.75) is 65.2 Å². The zero-order valence-electron chi connectivity index (χ0n) is 14.7. The van der Waals surface area contributed by atoms with Crippen LogP contribution in [0.3, 0.4) is 0 Å². The Balaban J connectivity index is 1.45. The van der Waals surface area contributed by atoms with Crippen molar-refractivity contribution in [3.8, 4) is 0 Å². The van der Waals surface area contributed by atoms with Crippen molar-refractivity contribution in [3.63, 3.8) is 0 Å². The van der Waals surface area contributed by atoms with Gasteiger partial charge in [-0.25, -0.2) is 9.50 Å². The number of fused-ring (bicyclic) bond motifs is 1. The third-order valence-corrected chi connectivity index (χ3v) is 5.18. The van der Waals surface area contributed by atoms with Crippen molar-refractivity contribution in [2.75, 3.05) is 6.54 Å². The Morgan fingerprint density at radius 3 is 2.92 bits per heavy atom. The summed E-state index contributed by atoms with van der Waals surface area (Å²) in [7, 11) is 0. The van der Waals surface area contributed by atoms with E-state index in [0.29, 0.717) is 18.6 Å². The van der Waals surface area contributed by atoms with Gasteiger partial charge in [-0.05, 0) is 44.6 Å². The van der Waals surface area contributed by atoms with Gasteiger partial charge in [-0.2, -0.15) is 10.1 Å². The standard InChI is InChI=1S/C18H27N5O/c1-13-16(14(2)23-18(22-13)20-12-21-23)9-10-17(24)19-11-5-8-15-6-3-4-7-15/h12,15H,3-11H2,1-2H3,(H,19,24). The van der Waals surface area contributed by atoms with E-state index in [2.05, 4.69) is 20.4 Å². The van der Waals surface area contributed by atoms with Crippen LogP contribution in [-0.2, 0) is 11.2 Å². The normalized spacial score (nSPS) is 15.2. The van der Waals surface area contributed by atoms with Gasteiger partial charge in [-0.15, -0.1) is 0 Å². The summed E-state index contributed by atoms with van der Waals surface area (Å²) in [5.74, 6) is 1.64. The highest BCUT2D eigenvalue weighted by atomic mass is 16.1. The summed E-state index contributed by atoms with van der Waals surface area (Å²) in [6.07, 6.45) is 10.6. The molecule has 0 aliphatic heterocycles. The largest absolute Gasteiger partial charge is 0.356 e. The SMILES string of the molecule is Cc1nc2ncnn2c(C)c1CCC(=O)NCCCC1CCCC1. The fourth-order valence-corrected chi connectivity index (χ4v) is 3.76. The van der Waals surface area contributed by atoms with Crippen LogP contribution in [0.2, 0.25) is 0 Å². The average molecular weight is 329 g/mol. The molecule has 1 saturated carbocycles. The molecule has 0 radical (unpaired) electrons. The Labute approximate surface area is 143 Å². The number of hydrogen-bond donors (Lipinski definition) is 1. The average Bonchev–Trinajstić information content (AvgIpc) is 3.22. The number of aryl methyl sites for hydroxylation is 2.